The summed E-state index contributed by atoms with van der Waals surface area (Å²) in [4.78, 5) is 21.5. The van der Waals surface area contributed by atoms with Crippen molar-refractivity contribution in [3.05, 3.63) is 12.7 Å². The van der Waals surface area contributed by atoms with Gasteiger partial charge in [-0.1, -0.05) is 6.58 Å². The molecule has 1 saturated heterocycles. The van der Waals surface area contributed by atoms with Crippen molar-refractivity contribution in [2.45, 2.75) is 18.9 Å². The number of carbonyl (C=O) groups is 2. The van der Waals surface area contributed by atoms with Crippen molar-refractivity contribution in [1.29, 1.82) is 0 Å². The molecule has 0 radical (unpaired) electrons. The Hall–Kier alpha value is -1.32. The van der Waals surface area contributed by atoms with E-state index in [1.165, 1.54) is 6.08 Å². The Labute approximate surface area is 71.0 Å². The van der Waals surface area contributed by atoms with Gasteiger partial charge in [0.2, 0.25) is 11.8 Å². The molecule has 0 aromatic heterocycles. The molecule has 0 bridgehead atoms. The van der Waals surface area contributed by atoms with Crippen LogP contribution in [0.5, 0.6) is 0 Å². The van der Waals surface area contributed by atoms with Gasteiger partial charge in [0.25, 0.3) is 0 Å². The highest BCUT2D eigenvalue weighted by molar-refractivity contribution is 5.87. The first kappa shape index (κ1) is 8.77. The van der Waals surface area contributed by atoms with E-state index in [0.717, 1.165) is 0 Å². The zero-order valence-corrected chi connectivity index (χ0v) is 6.80. The minimum Gasteiger partial charge on any atom is -0.354 e. The molecule has 1 aliphatic heterocycles. The van der Waals surface area contributed by atoms with Gasteiger partial charge in [0, 0.05) is 19.0 Å². The zero-order chi connectivity index (χ0) is 8.97. The third-order valence-electron chi connectivity index (χ3n) is 1.80. The highest BCUT2D eigenvalue weighted by atomic mass is 16.2. The second kappa shape index (κ2) is 3.90. The molecule has 1 rings (SSSR count). The number of hydrogen-bond donors (Lipinski definition) is 2. The van der Waals surface area contributed by atoms with Crippen molar-refractivity contribution in [3.63, 3.8) is 0 Å². The Morgan fingerprint density at radius 1 is 1.75 bits per heavy atom. The SMILES string of the molecule is C=CC(=O)NC1CCC(=O)NC1. The van der Waals surface area contributed by atoms with Crippen molar-refractivity contribution in [3.8, 4) is 0 Å². The Kier molecular flexibility index (Phi) is 2.85. The van der Waals surface area contributed by atoms with Gasteiger partial charge in [-0.2, -0.15) is 0 Å². The predicted octanol–water partition coefficient (Wildman–Crippen LogP) is -0.433. The summed E-state index contributed by atoms with van der Waals surface area (Å²) in [5, 5.41) is 5.39. The van der Waals surface area contributed by atoms with E-state index in [-0.39, 0.29) is 17.9 Å². The minimum absolute atomic E-state index is 0.0547. The lowest BCUT2D eigenvalue weighted by molar-refractivity contribution is -0.124. The van der Waals surface area contributed by atoms with E-state index in [2.05, 4.69) is 17.2 Å². The first-order valence-corrected chi connectivity index (χ1v) is 3.92. The summed E-state index contributed by atoms with van der Waals surface area (Å²) in [6.45, 7) is 3.87. The largest absolute Gasteiger partial charge is 0.354 e. The number of rotatable bonds is 2. The maximum absolute atomic E-state index is 10.8. The van der Waals surface area contributed by atoms with Crippen LogP contribution in [0.25, 0.3) is 0 Å². The average molecular weight is 168 g/mol. The van der Waals surface area contributed by atoms with Gasteiger partial charge < -0.3 is 10.6 Å². The standard InChI is InChI=1S/C8H12N2O2/c1-2-7(11)10-6-3-4-8(12)9-5-6/h2,6H,1,3-5H2,(H,9,12)(H,10,11). The van der Waals surface area contributed by atoms with E-state index >= 15 is 0 Å². The summed E-state index contributed by atoms with van der Waals surface area (Å²) in [6.07, 6.45) is 2.43. The van der Waals surface area contributed by atoms with E-state index < -0.39 is 0 Å². The fraction of sp³-hybridized carbons (Fsp3) is 0.500. The fourth-order valence-electron chi connectivity index (χ4n) is 1.12. The molecule has 66 valence electrons. The highest BCUT2D eigenvalue weighted by Crippen LogP contribution is 2.01. The van der Waals surface area contributed by atoms with Crippen LogP contribution in [0.3, 0.4) is 0 Å². The molecule has 12 heavy (non-hydrogen) atoms. The summed E-state index contributed by atoms with van der Waals surface area (Å²) in [7, 11) is 0. The van der Waals surface area contributed by atoms with Crippen molar-refractivity contribution in [1.82, 2.24) is 10.6 Å². The van der Waals surface area contributed by atoms with Crippen LogP contribution in [0.2, 0.25) is 0 Å². The molecule has 0 aromatic carbocycles. The van der Waals surface area contributed by atoms with E-state index in [4.69, 9.17) is 0 Å². The molecule has 0 aromatic rings. The molecule has 1 atom stereocenters. The Bertz CT molecular complexity index is 203. The lowest BCUT2D eigenvalue weighted by atomic mass is 10.1. The molecule has 0 aliphatic carbocycles. The van der Waals surface area contributed by atoms with Gasteiger partial charge in [-0.25, -0.2) is 0 Å². The average Bonchev–Trinajstić information content (AvgIpc) is 2.09. The number of hydrogen-bond acceptors (Lipinski definition) is 2. The van der Waals surface area contributed by atoms with Crippen molar-refractivity contribution in [2.24, 2.45) is 0 Å². The van der Waals surface area contributed by atoms with Gasteiger partial charge in [-0.05, 0) is 12.5 Å². The number of carbonyl (C=O) groups excluding carboxylic acids is 2. The number of nitrogens with one attached hydrogen (secondary N) is 2. The molecule has 2 N–H and O–H groups in total. The van der Waals surface area contributed by atoms with Crippen LogP contribution >= 0.6 is 0 Å². The second-order valence-electron chi connectivity index (χ2n) is 2.75. The first-order chi connectivity index (χ1) is 5.72. The van der Waals surface area contributed by atoms with Crippen LogP contribution in [-0.2, 0) is 9.59 Å². The third kappa shape index (κ3) is 2.38. The van der Waals surface area contributed by atoms with Gasteiger partial charge in [-0.3, -0.25) is 9.59 Å². The van der Waals surface area contributed by atoms with E-state index in [0.29, 0.717) is 19.4 Å². The molecule has 1 aliphatic rings. The molecule has 0 spiro atoms. The zero-order valence-electron chi connectivity index (χ0n) is 6.80. The van der Waals surface area contributed by atoms with Crippen molar-refractivity contribution in [2.75, 3.05) is 6.54 Å². The molecule has 4 nitrogen and oxygen atoms in total. The van der Waals surface area contributed by atoms with Crippen LogP contribution < -0.4 is 10.6 Å². The van der Waals surface area contributed by atoms with Crippen LogP contribution in [0.15, 0.2) is 12.7 Å². The van der Waals surface area contributed by atoms with E-state index in [9.17, 15) is 9.59 Å². The predicted molar refractivity (Wildman–Crippen MR) is 44.4 cm³/mol. The lowest BCUT2D eigenvalue weighted by Gasteiger charge is -2.22. The summed E-state index contributed by atoms with van der Waals surface area (Å²) in [5.41, 5.74) is 0. The van der Waals surface area contributed by atoms with Gasteiger partial charge in [0.15, 0.2) is 0 Å². The topological polar surface area (TPSA) is 58.2 Å². The maximum Gasteiger partial charge on any atom is 0.243 e. The summed E-state index contributed by atoms with van der Waals surface area (Å²) in [5.74, 6) is -0.129. The Morgan fingerprint density at radius 2 is 2.50 bits per heavy atom. The molecule has 0 saturated carbocycles. The molecule has 4 heteroatoms. The number of amides is 2. The smallest absolute Gasteiger partial charge is 0.243 e. The third-order valence-corrected chi connectivity index (χ3v) is 1.80. The highest BCUT2D eigenvalue weighted by Gasteiger charge is 2.18. The van der Waals surface area contributed by atoms with Crippen molar-refractivity contribution >= 4 is 11.8 Å². The molecule has 2 amide bonds. The van der Waals surface area contributed by atoms with Gasteiger partial charge >= 0.3 is 0 Å². The molecule has 1 unspecified atom stereocenters. The van der Waals surface area contributed by atoms with Crippen LogP contribution in [0, 0.1) is 0 Å². The Morgan fingerprint density at radius 3 is 3.00 bits per heavy atom. The van der Waals surface area contributed by atoms with Crippen LogP contribution in [-0.4, -0.2) is 24.4 Å². The fourth-order valence-corrected chi connectivity index (χ4v) is 1.12. The lowest BCUT2D eigenvalue weighted by Crippen LogP contribution is -2.47. The van der Waals surface area contributed by atoms with Crippen LogP contribution in [0.1, 0.15) is 12.8 Å². The van der Waals surface area contributed by atoms with E-state index in [1.807, 2.05) is 0 Å². The van der Waals surface area contributed by atoms with E-state index in [1.54, 1.807) is 0 Å². The van der Waals surface area contributed by atoms with Gasteiger partial charge in [-0.15, -0.1) is 0 Å². The van der Waals surface area contributed by atoms with Crippen LogP contribution in [0.4, 0.5) is 0 Å². The maximum atomic E-state index is 10.8. The summed E-state index contributed by atoms with van der Waals surface area (Å²) < 4.78 is 0. The molecule has 1 fully saturated rings. The van der Waals surface area contributed by atoms with Crippen molar-refractivity contribution < 1.29 is 9.59 Å². The molecular weight excluding hydrogens is 156 g/mol. The second-order valence-corrected chi connectivity index (χ2v) is 2.75. The van der Waals surface area contributed by atoms with Gasteiger partial charge in [0.1, 0.15) is 0 Å². The first-order valence-electron chi connectivity index (χ1n) is 3.92. The quantitative estimate of drug-likeness (QED) is 0.549. The number of piperidine rings is 1. The summed E-state index contributed by atoms with van der Waals surface area (Å²) >= 11 is 0. The molecular formula is C8H12N2O2. The monoisotopic (exact) mass is 168 g/mol. The van der Waals surface area contributed by atoms with Gasteiger partial charge in [0.05, 0.1) is 0 Å². The molecule has 1 heterocycles. The minimum atomic E-state index is -0.184. The summed E-state index contributed by atoms with van der Waals surface area (Å²) in [6, 6.07) is 0.0631. The normalized spacial score (nSPS) is 22.7. The Balaban J connectivity index is 2.30.